The van der Waals surface area contributed by atoms with E-state index in [0.29, 0.717) is 19.5 Å². The molecule has 2 aromatic carbocycles. The van der Waals surface area contributed by atoms with E-state index in [1.807, 2.05) is 81.7 Å². The second-order valence-electron chi connectivity index (χ2n) is 12.3. The van der Waals surface area contributed by atoms with Crippen LogP contribution in [0, 0.1) is 12.3 Å². The lowest BCUT2D eigenvalue weighted by atomic mass is 9.85. The van der Waals surface area contributed by atoms with Gasteiger partial charge in [0.1, 0.15) is 12.1 Å². The first kappa shape index (κ1) is 35.2. The Morgan fingerprint density at radius 1 is 1.07 bits per heavy atom. The molecule has 1 aliphatic heterocycles. The lowest BCUT2D eigenvalue weighted by molar-refractivity contribution is -0.144. The van der Waals surface area contributed by atoms with Crippen LogP contribution in [0.15, 0.2) is 54.0 Å². The maximum Gasteiger partial charge on any atom is 0.246 e. The fourth-order valence-electron chi connectivity index (χ4n) is 5.31. The Morgan fingerprint density at radius 3 is 2.30 bits per heavy atom. The number of aliphatic hydroxyl groups excluding tert-OH is 1. The zero-order chi connectivity index (χ0) is 31.1. The molecule has 11 heteroatoms. The first-order valence-electron chi connectivity index (χ1n) is 14.8. The molecule has 1 aromatic heterocycles. The molecule has 3 atom stereocenters. The third kappa shape index (κ3) is 9.11. The van der Waals surface area contributed by atoms with Gasteiger partial charge in [0.15, 0.2) is 0 Å². The van der Waals surface area contributed by atoms with E-state index < -0.39 is 23.6 Å². The largest absolute Gasteiger partial charge is 0.391 e. The van der Waals surface area contributed by atoms with Crippen molar-refractivity contribution in [2.75, 3.05) is 6.54 Å². The molecule has 4 rings (SSSR count). The SMILES string of the molecule is Cc1ncsc1-c1ccc(CNC(=O)[C@@H]2C[C@@H](O)CN2C(=O)[C@@H](NC(=O)CCCc2ccc(CN)cc2)C(C)(C)C)cc1.Cl. The molecular weight excluding hydrogens is 598 g/mol. The number of aromatic nitrogens is 1. The van der Waals surface area contributed by atoms with Gasteiger partial charge in [0.05, 0.1) is 22.2 Å². The Balaban J connectivity index is 0.00000529. The van der Waals surface area contributed by atoms with Gasteiger partial charge in [-0.05, 0) is 47.4 Å². The van der Waals surface area contributed by atoms with Crippen molar-refractivity contribution in [1.82, 2.24) is 20.5 Å². The first-order chi connectivity index (χ1) is 20.5. The number of hydrogen-bond acceptors (Lipinski definition) is 7. The van der Waals surface area contributed by atoms with E-state index in [1.54, 1.807) is 11.3 Å². The van der Waals surface area contributed by atoms with Gasteiger partial charge in [0.2, 0.25) is 17.7 Å². The van der Waals surface area contributed by atoms with Gasteiger partial charge in [-0.25, -0.2) is 4.98 Å². The van der Waals surface area contributed by atoms with Gasteiger partial charge in [0.25, 0.3) is 0 Å². The van der Waals surface area contributed by atoms with Crippen molar-refractivity contribution in [2.24, 2.45) is 11.1 Å². The summed E-state index contributed by atoms with van der Waals surface area (Å²) in [4.78, 5) is 46.8. The molecule has 0 bridgehead atoms. The number of nitrogens with zero attached hydrogens (tertiary/aromatic N) is 2. The summed E-state index contributed by atoms with van der Waals surface area (Å²) in [6, 6.07) is 14.3. The lowest BCUT2D eigenvalue weighted by Gasteiger charge is -2.35. The summed E-state index contributed by atoms with van der Waals surface area (Å²) < 4.78 is 0. The van der Waals surface area contributed by atoms with Crippen molar-refractivity contribution in [3.63, 3.8) is 0 Å². The van der Waals surface area contributed by atoms with Crippen LogP contribution < -0.4 is 16.4 Å². The molecule has 2 heterocycles. The normalized spacial score (nSPS) is 17.1. The number of aliphatic hydroxyl groups is 1. The molecule has 1 saturated heterocycles. The molecule has 3 amide bonds. The summed E-state index contributed by atoms with van der Waals surface area (Å²) in [6.07, 6.45) is 0.975. The molecule has 0 radical (unpaired) electrons. The monoisotopic (exact) mass is 641 g/mol. The second kappa shape index (κ2) is 15.6. The lowest BCUT2D eigenvalue weighted by Crippen LogP contribution is -2.57. The fourth-order valence-corrected chi connectivity index (χ4v) is 6.12. The standard InChI is InChI=1S/C33H43N5O4S.ClH/c1-21-29(43-20-36-21)25-14-12-24(13-15-25)18-35-31(41)27-16-26(39)19-38(27)32(42)30(33(2,3)4)37-28(40)7-5-6-22-8-10-23(17-34)11-9-22;/h8-15,20,26-27,30,39H,5-7,16-19,34H2,1-4H3,(H,35,41)(H,37,40);1H/t26-,27+,30-;/m1./s1. The van der Waals surface area contributed by atoms with Gasteiger partial charge >= 0.3 is 0 Å². The quantitative estimate of drug-likeness (QED) is 0.248. The van der Waals surface area contributed by atoms with E-state index in [1.165, 1.54) is 4.90 Å². The van der Waals surface area contributed by atoms with Crippen molar-refractivity contribution >= 4 is 41.5 Å². The van der Waals surface area contributed by atoms with Gasteiger partial charge < -0.3 is 26.4 Å². The number of benzene rings is 2. The highest BCUT2D eigenvalue weighted by molar-refractivity contribution is 7.13. The molecule has 1 fully saturated rings. The highest BCUT2D eigenvalue weighted by Crippen LogP contribution is 2.28. The van der Waals surface area contributed by atoms with Crippen molar-refractivity contribution < 1.29 is 19.5 Å². The number of β-amino-alcohol motifs (C(OH)–C–C–N with tert-alkyl or cyclic N) is 1. The molecule has 5 N–H and O–H groups in total. The number of carbonyl (C=O) groups is 3. The second-order valence-corrected chi connectivity index (χ2v) is 13.2. The molecule has 0 saturated carbocycles. The third-order valence-corrected chi connectivity index (χ3v) is 8.82. The Hall–Kier alpha value is -3.31. The van der Waals surface area contributed by atoms with E-state index >= 15 is 0 Å². The summed E-state index contributed by atoms with van der Waals surface area (Å²) in [5.74, 6) is -0.907. The molecule has 0 spiro atoms. The number of likely N-dealkylation sites (tertiary alicyclic amines) is 1. The predicted molar refractivity (Wildman–Crippen MR) is 176 cm³/mol. The minimum atomic E-state index is -0.841. The Morgan fingerprint density at radius 2 is 1.70 bits per heavy atom. The molecule has 3 aromatic rings. The highest BCUT2D eigenvalue weighted by Gasteiger charge is 2.44. The molecule has 9 nitrogen and oxygen atoms in total. The van der Waals surface area contributed by atoms with Crippen LogP contribution in [0.25, 0.3) is 10.4 Å². The number of thiazole rings is 1. The number of amides is 3. The van der Waals surface area contributed by atoms with E-state index in [2.05, 4.69) is 15.6 Å². The van der Waals surface area contributed by atoms with Gasteiger partial charge in [0, 0.05) is 32.5 Å². The molecule has 238 valence electrons. The van der Waals surface area contributed by atoms with E-state index in [9.17, 15) is 19.5 Å². The number of nitrogens with one attached hydrogen (secondary N) is 2. The molecular formula is C33H44ClN5O4S. The topological polar surface area (TPSA) is 138 Å². The number of rotatable bonds is 11. The molecule has 1 aliphatic rings. The average molecular weight is 642 g/mol. The van der Waals surface area contributed by atoms with Crippen LogP contribution >= 0.6 is 23.7 Å². The van der Waals surface area contributed by atoms with Gasteiger partial charge in [-0.15, -0.1) is 23.7 Å². The third-order valence-electron chi connectivity index (χ3n) is 7.84. The molecule has 0 aliphatic carbocycles. The Labute approximate surface area is 270 Å². The highest BCUT2D eigenvalue weighted by atomic mass is 35.5. The van der Waals surface area contributed by atoms with Crippen molar-refractivity contribution in [1.29, 1.82) is 0 Å². The Kier molecular flexibility index (Phi) is 12.5. The zero-order valence-corrected chi connectivity index (χ0v) is 27.5. The maximum atomic E-state index is 13.8. The van der Waals surface area contributed by atoms with Crippen molar-refractivity contribution in [2.45, 2.75) is 84.7 Å². The molecule has 44 heavy (non-hydrogen) atoms. The average Bonchev–Trinajstić information content (AvgIpc) is 3.59. The first-order valence-corrected chi connectivity index (χ1v) is 15.7. The summed E-state index contributed by atoms with van der Waals surface area (Å²) in [7, 11) is 0. The smallest absolute Gasteiger partial charge is 0.246 e. The number of carbonyl (C=O) groups excluding carboxylic acids is 3. The van der Waals surface area contributed by atoms with Gasteiger partial charge in [-0.2, -0.15) is 0 Å². The number of halogens is 1. The number of hydrogen-bond donors (Lipinski definition) is 4. The summed E-state index contributed by atoms with van der Waals surface area (Å²) >= 11 is 1.59. The summed E-state index contributed by atoms with van der Waals surface area (Å²) in [5, 5.41) is 16.3. The van der Waals surface area contributed by atoms with E-state index in [-0.39, 0.29) is 49.5 Å². The van der Waals surface area contributed by atoms with Crippen LogP contribution in [-0.2, 0) is 33.9 Å². The zero-order valence-electron chi connectivity index (χ0n) is 25.8. The van der Waals surface area contributed by atoms with Crippen LogP contribution in [-0.4, -0.2) is 57.4 Å². The van der Waals surface area contributed by atoms with Gasteiger partial charge in [-0.3, -0.25) is 14.4 Å². The molecule has 0 unspecified atom stereocenters. The Bertz CT molecular complexity index is 1400. The van der Waals surface area contributed by atoms with Gasteiger partial charge in [-0.1, -0.05) is 69.3 Å². The number of aryl methyl sites for hydroxylation is 2. The predicted octanol–water partition coefficient (Wildman–Crippen LogP) is 4.13. The van der Waals surface area contributed by atoms with Crippen molar-refractivity contribution in [3.05, 3.63) is 76.4 Å². The number of nitrogens with two attached hydrogens (primary N) is 1. The summed E-state index contributed by atoms with van der Waals surface area (Å²) in [5.41, 5.74) is 12.0. The van der Waals surface area contributed by atoms with Crippen LogP contribution in [0.4, 0.5) is 0 Å². The summed E-state index contributed by atoms with van der Waals surface area (Å²) in [6.45, 7) is 8.45. The fraction of sp³-hybridized carbons (Fsp3) is 0.455. The minimum absolute atomic E-state index is 0. The van der Waals surface area contributed by atoms with E-state index in [4.69, 9.17) is 5.73 Å². The van der Waals surface area contributed by atoms with Crippen LogP contribution in [0.3, 0.4) is 0 Å². The van der Waals surface area contributed by atoms with Crippen molar-refractivity contribution in [3.8, 4) is 10.4 Å². The van der Waals surface area contributed by atoms with Crippen LogP contribution in [0.5, 0.6) is 0 Å². The maximum absolute atomic E-state index is 13.8. The van der Waals surface area contributed by atoms with Crippen LogP contribution in [0.2, 0.25) is 0 Å². The minimum Gasteiger partial charge on any atom is -0.391 e. The van der Waals surface area contributed by atoms with Crippen LogP contribution in [0.1, 0.15) is 62.4 Å². The van der Waals surface area contributed by atoms with E-state index in [0.717, 1.165) is 39.2 Å².